The molecule has 0 bridgehead atoms. The Bertz CT molecular complexity index is 1130. The first-order valence-electron chi connectivity index (χ1n) is 8.99. The normalized spacial score (nSPS) is 19.4. The van der Waals surface area contributed by atoms with E-state index in [1.54, 1.807) is 6.92 Å². The number of halogens is 4. The van der Waals surface area contributed by atoms with Crippen molar-refractivity contribution in [1.29, 1.82) is 0 Å². The van der Waals surface area contributed by atoms with Crippen LogP contribution in [0.3, 0.4) is 0 Å². The molecule has 0 spiro atoms. The molecule has 3 aromatic rings. The van der Waals surface area contributed by atoms with Crippen LogP contribution >= 0.6 is 0 Å². The van der Waals surface area contributed by atoms with E-state index in [9.17, 15) is 22.4 Å². The maximum Gasteiger partial charge on any atom is 0.418 e. The molecular weight excluding hydrogens is 406 g/mol. The first kappa shape index (κ1) is 20.0. The molecule has 30 heavy (non-hydrogen) atoms. The van der Waals surface area contributed by atoms with Crippen LogP contribution in [0.15, 0.2) is 24.7 Å². The average molecular weight is 423 g/mol. The van der Waals surface area contributed by atoms with E-state index in [0.29, 0.717) is 5.69 Å². The summed E-state index contributed by atoms with van der Waals surface area (Å²) < 4.78 is 55.4. The lowest BCUT2D eigenvalue weighted by Crippen LogP contribution is -2.41. The third kappa shape index (κ3) is 3.43. The minimum absolute atomic E-state index is 0.0406. The van der Waals surface area contributed by atoms with Gasteiger partial charge in [-0.15, -0.1) is 0 Å². The topological polar surface area (TPSA) is 110 Å². The van der Waals surface area contributed by atoms with Gasteiger partial charge in [0.25, 0.3) is 5.91 Å². The van der Waals surface area contributed by atoms with Crippen LogP contribution in [0.5, 0.6) is 0 Å². The number of rotatable bonds is 3. The molecule has 1 aliphatic heterocycles. The SMILES string of the molecule is Cc1ncc(-c2cc(C(F)(F)F)c3c(N)ncnn23)cc1C(=O)N[C@@H]1CNC[C@H]1F. The zero-order valence-corrected chi connectivity index (χ0v) is 15.7. The Labute approximate surface area is 167 Å². The Kier molecular flexibility index (Phi) is 4.80. The van der Waals surface area contributed by atoms with E-state index in [1.807, 2.05) is 0 Å². The van der Waals surface area contributed by atoms with E-state index < -0.39 is 29.9 Å². The van der Waals surface area contributed by atoms with Gasteiger partial charge >= 0.3 is 6.18 Å². The van der Waals surface area contributed by atoms with Gasteiger partial charge < -0.3 is 16.4 Å². The first-order valence-corrected chi connectivity index (χ1v) is 8.99. The molecular formula is C18H17F4N7O. The number of amides is 1. The number of pyridine rings is 1. The highest BCUT2D eigenvalue weighted by Gasteiger charge is 2.36. The van der Waals surface area contributed by atoms with Crippen molar-refractivity contribution in [2.45, 2.75) is 25.3 Å². The summed E-state index contributed by atoms with van der Waals surface area (Å²) in [4.78, 5) is 20.4. The Hall–Kier alpha value is -3.28. The van der Waals surface area contributed by atoms with Crippen molar-refractivity contribution >= 4 is 17.2 Å². The third-order valence-electron chi connectivity index (χ3n) is 4.97. The van der Waals surface area contributed by atoms with Gasteiger partial charge in [0.15, 0.2) is 5.82 Å². The van der Waals surface area contributed by atoms with Gasteiger partial charge in [0.1, 0.15) is 18.0 Å². The summed E-state index contributed by atoms with van der Waals surface area (Å²) in [5, 5.41) is 9.31. The molecule has 0 unspecified atom stereocenters. The van der Waals surface area contributed by atoms with Gasteiger partial charge in [0, 0.05) is 24.8 Å². The number of fused-ring (bicyclic) bond motifs is 1. The second kappa shape index (κ2) is 7.20. The van der Waals surface area contributed by atoms with Crippen LogP contribution in [0.2, 0.25) is 0 Å². The molecule has 1 saturated heterocycles. The summed E-state index contributed by atoms with van der Waals surface area (Å²) in [5.74, 6) is -0.895. The highest BCUT2D eigenvalue weighted by Crippen LogP contribution is 2.38. The Morgan fingerprint density at radius 3 is 2.73 bits per heavy atom. The van der Waals surface area contributed by atoms with Crippen molar-refractivity contribution < 1.29 is 22.4 Å². The molecule has 12 heteroatoms. The number of aromatic nitrogens is 4. The lowest BCUT2D eigenvalue weighted by molar-refractivity contribution is -0.136. The number of alkyl halides is 4. The highest BCUT2D eigenvalue weighted by atomic mass is 19.4. The molecule has 1 aliphatic rings. The van der Waals surface area contributed by atoms with Crippen molar-refractivity contribution in [1.82, 2.24) is 30.2 Å². The molecule has 4 rings (SSSR count). The summed E-state index contributed by atoms with van der Waals surface area (Å²) in [6, 6.07) is 1.58. The molecule has 0 radical (unpaired) electrons. The van der Waals surface area contributed by atoms with Crippen LogP contribution in [0.1, 0.15) is 21.6 Å². The quantitative estimate of drug-likeness (QED) is 0.554. The third-order valence-corrected chi connectivity index (χ3v) is 4.97. The lowest BCUT2D eigenvalue weighted by Gasteiger charge is -2.15. The number of anilines is 1. The average Bonchev–Trinajstić information content (AvgIpc) is 3.27. The molecule has 0 aliphatic carbocycles. The second-order valence-electron chi connectivity index (χ2n) is 6.96. The van der Waals surface area contributed by atoms with Crippen LogP contribution in [0, 0.1) is 6.92 Å². The fourth-order valence-corrected chi connectivity index (χ4v) is 3.43. The number of aryl methyl sites for hydroxylation is 1. The summed E-state index contributed by atoms with van der Waals surface area (Å²) in [5.41, 5.74) is 5.00. The van der Waals surface area contributed by atoms with Crippen molar-refractivity contribution in [3.05, 3.63) is 41.5 Å². The van der Waals surface area contributed by atoms with Crippen LogP contribution in [0.4, 0.5) is 23.4 Å². The Balaban J connectivity index is 1.79. The van der Waals surface area contributed by atoms with Crippen molar-refractivity contribution in [3.8, 4) is 11.3 Å². The maximum atomic E-state index is 13.8. The lowest BCUT2D eigenvalue weighted by atomic mass is 10.1. The summed E-state index contributed by atoms with van der Waals surface area (Å²) in [7, 11) is 0. The van der Waals surface area contributed by atoms with E-state index in [2.05, 4.69) is 25.7 Å². The largest absolute Gasteiger partial charge is 0.418 e. The van der Waals surface area contributed by atoms with E-state index in [1.165, 1.54) is 12.3 Å². The number of nitrogens with two attached hydrogens (primary N) is 1. The minimum atomic E-state index is -4.69. The fourth-order valence-electron chi connectivity index (χ4n) is 3.43. The van der Waals surface area contributed by atoms with E-state index >= 15 is 0 Å². The molecule has 8 nitrogen and oxygen atoms in total. The molecule has 4 heterocycles. The van der Waals surface area contributed by atoms with E-state index in [0.717, 1.165) is 16.9 Å². The highest BCUT2D eigenvalue weighted by molar-refractivity contribution is 5.96. The number of carbonyl (C=O) groups excluding carboxylic acids is 1. The summed E-state index contributed by atoms with van der Waals surface area (Å²) in [6.45, 7) is 2.00. The zero-order valence-electron chi connectivity index (χ0n) is 15.7. The number of nitrogens with one attached hydrogen (secondary N) is 2. The number of carbonyl (C=O) groups is 1. The van der Waals surface area contributed by atoms with Gasteiger partial charge in [0.2, 0.25) is 0 Å². The molecule has 4 N–H and O–H groups in total. The fraction of sp³-hybridized carbons (Fsp3) is 0.333. The van der Waals surface area contributed by atoms with Crippen molar-refractivity contribution in [3.63, 3.8) is 0 Å². The van der Waals surface area contributed by atoms with Gasteiger partial charge in [-0.2, -0.15) is 18.3 Å². The van der Waals surface area contributed by atoms with Crippen molar-refractivity contribution in [2.75, 3.05) is 18.8 Å². The van der Waals surface area contributed by atoms with Crippen LogP contribution in [-0.2, 0) is 6.18 Å². The minimum Gasteiger partial charge on any atom is -0.382 e. The van der Waals surface area contributed by atoms with Gasteiger partial charge in [-0.3, -0.25) is 9.78 Å². The molecule has 3 aromatic heterocycles. The Morgan fingerprint density at radius 1 is 1.30 bits per heavy atom. The maximum absolute atomic E-state index is 13.8. The number of hydrogen-bond acceptors (Lipinski definition) is 6. The van der Waals surface area contributed by atoms with Gasteiger partial charge in [-0.25, -0.2) is 13.9 Å². The molecule has 0 aromatic carbocycles. The van der Waals surface area contributed by atoms with Crippen LogP contribution < -0.4 is 16.4 Å². The van der Waals surface area contributed by atoms with Crippen LogP contribution in [-0.4, -0.2) is 50.8 Å². The standard InChI is InChI=1S/C18H17F4N7O/c1-8-10(17(30)28-13-6-24-5-12(13)19)2-9(4-25-8)14-3-11(18(20,21)22)15-16(23)26-7-27-29(14)15/h2-4,7,12-13,24H,5-6H2,1H3,(H,28,30)(H2,23,26,27)/t12-,13-/m1/s1. The van der Waals surface area contributed by atoms with Crippen molar-refractivity contribution in [2.24, 2.45) is 0 Å². The van der Waals surface area contributed by atoms with Gasteiger partial charge in [-0.1, -0.05) is 0 Å². The number of nitrogens with zero attached hydrogens (tertiary/aromatic N) is 4. The number of nitrogen functional groups attached to an aromatic ring is 1. The van der Waals surface area contributed by atoms with Gasteiger partial charge in [-0.05, 0) is 19.1 Å². The molecule has 2 atom stereocenters. The first-order chi connectivity index (χ1) is 14.2. The summed E-state index contributed by atoms with van der Waals surface area (Å²) >= 11 is 0. The predicted molar refractivity (Wildman–Crippen MR) is 99.4 cm³/mol. The van der Waals surface area contributed by atoms with E-state index in [4.69, 9.17) is 5.73 Å². The summed E-state index contributed by atoms with van der Waals surface area (Å²) in [6.07, 6.45) is -3.54. The molecule has 1 fully saturated rings. The molecule has 1 amide bonds. The van der Waals surface area contributed by atoms with Gasteiger partial charge in [0.05, 0.1) is 28.6 Å². The molecule has 158 valence electrons. The van der Waals surface area contributed by atoms with E-state index in [-0.39, 0.29) is 41.2 Å². The predicted octanol–water partition coefficient (Wildman–Crippen LogP) is 1.74. The number of hydrogen-bond donors (Lipinski definition) is 3. The zero-order chi connectivity index (χ0) is 21.6. The molecule has 0 saturated carbocycles. The monoisotopic (exact) mass is 423 g/mol. The Morgan fingerprint density at radius 2 is 2.07 bits per heavy atom. The smallest absolute Gasteiger partial charge is 0.382 e. The van der Waals surface area contributed by atoms with Crippen LogP contribution in [0.25, 0.3) is 16.8 Å². The second-order valence-corrected chi connectivity index (χ2v) is 6.96.